The van der Waals surface area contributed by atoms with E-state index in [4.69, 9.17) is 0 Å². The summed E-state index contributed by atoms with van der Waals surface area (Å²) < 4.78 is 0. The first-order valence-electron chi connectivity index (χ1n) is 8.26. The van der Waals surface area contributed by atoms with Crippen LogP contribution in [0.3, 0.4) is 0 Å². The molecule has 1 aromatic rings. The van der Waals surface area contributed by atoms with Gasteiger partial charge in [-0.25, -0.2) is 0 Å². The molecular weight excluding hydrogens is 246 g/mol. The number of rotatable bonds is 3. The first kappa shape index (κ1) is 12.8. The molecule has 108 valence electrons. The van der Waals surface area contributed by atoms with Crippen LogP contribution in [-0.2, 0) is 12.8 Å². The van der Waals surface area contributed by atoms with Crippen molar-refractivity contribution in [1.29, 1.82) is 0 Å². The van der Waals surface area contributed by atoms with Gasteiger partial charge in [0.25, 0.3) is 0 Å². The number of fused-ring (bicyclic) bond motifs is 3. The maximum absolute atomic E-state index is 10.3. The molecule has 2 fully saturated rings. The van der Waals surface area contributed by atoms with E-state index in [9.17, 15) is 5.11 Å². The molecule has 0 saturated heterocycles. The summed E-state index contributed by atoms with van der Waals surface area (Å²) in [5.74, 6) is 1.54. The number of hydrogen-bond acceptors (Lipinski definition) is 2. The van der Waals surface area contributed by atoms with Gasteiger partial charge in [-0.05, 0) is 67.9 Å². The molecule has 2 nitrogen and oxygen atoms in total. The van der Waals surface area contributed by atoms with E-state index < -0.39 is 5.60 Å². The van der Waals surface area contributed by atoms with Gasteiger partial charge in [0.1, 0.15) is 0 Å². The van der Waals surface area contributed by atoms with Crippen LogP contribution in [0.1, 0.15) is 43.2 Å². The molecule has 0 heterocycles. The number of aliphatic hydroxyl groups is 1. The Bertz CT molecular complexity index is 461. The Morgan fingerprint density at radius 3 is 2.15 bits per heavy atom. The minimum absolute atomic E-state index is 0.390. The largest absolute Gasteiger partial charge is 0.389 e. The summed E-state index contributed by atoms with van der Waals surface area (Å²) in [6, 6.07) is 9.60. The van der Waals surface area contributed by atoms with Gasteiger partial charge in [-0.15, -0.1) is 0 Å². The highest BCUT2D eigenvalue weighted by molar-refractivity contribution is 5.30. The van der Waals surface area contributed by atoms with Crippen molar-refractivity contribution in [2.24, 2.45) is 11.8 Å². The van der Waals surface area contributed by atoms with Crippen LogP contribution in [-0.4, -0.2) is 23.3 Å². The first-order chi connectivity index (χ1) is 9.73. The predicted molar refractivity (Wildman–Crippen MR) is 80.7 cm³/mol. The Hall–Kier alpha value is -0.860. The fourth-order valence-corrected chi connectivity index (χ4v) is 4.55. The van der Waals surface area contributed by atoms with Gasteiger partial charge >= 0.3 is 0 Å². The van der Waals surface area contributed by atoms with Crippen LogP contribution in [0.5, 0.6) is 0 Å². The van der Waals surface area contributed by atoms with Gasteiger partial charge in [0.2, 0.25) is 0 Å². The van der Waals surface area contributed by atoms with Crippen molar-refractivity contribution < 1.29 is 5.11 Å². The minimum Gasteiger partial charge on any atom is -0.389 e. The van der Waals surface area contributed by atoms with E-state index in [-0.39, 0.29) is 0 Å². The third-order valence-corrected chi connectivity index (χ3v) is 5.96. The highest BCUT2D eigenvalue weighted by Crippen LogP contribution is 2.40. The summed E-state index contributed by atoms with van der Waals surface area (Å²) in [6.07, 6.45) is 8.33. The first-order valence-corrected chi connectivity index (χ1v) is 8.26. The predicted octanol–water partition coefficient (Wildman–Crippen LogP) is 2.68. The molecule has 2 atom stereocenters. The van der Waals surface area contributed by atoms with E-state index in [0.29, 0.717) is 6.04 Å². The molecule has 2 unspecified atom stereocenters. The second kappa shape index (κ2) is 4.85. The zero-order valence-electron chi connectivity index (χ0n) is 12.1. The van der Waals surface area contributed by atoms with E-state index >= 15 is 0 Å². The van der Waals surface area contributed by atoms with Gasteiger partial charge in [0, 0.05) is 12.6 Å². The quantitative estimate of drug-likeness (QED) is 0.886. The van der Waals surface area contributed by atoms with E-state index in [1.807, 2.05) is 0 Å². The molecule has 3 aliphatic carbocycles. The zero-order chi connectivity index (χ0) is 13.6. The summed E-state index contributed by atoms with van der Waals surface area (Å²) in [7, 11) is 0. The Morgan fingerprint density at radius 2 is 1.65 bits per heavy atom. The lowest BCUT2D eigenvalue weighted by Crippen LogP contribution is -2.51. The van der Waals surface area contributed by atoms with Crippen LogP contribution in [0.2, 0.25) is 0 Å². The second-order valence-corrected chi connectivity index (χ2v) is 7.26. The number of nitrogens with one attached hydrogen (secondary N) is 1. The van der Waals surface area contributed by atoms with Crippen LogP contribution in [0.4, 0.5) is 0 Å². The lowest BCUT2D eigenvalue weighted by Gasteiger charge is -2.39. The van der Waals surface area contributed by atoms with Crippen LogP contribution in [0.15, 0.2) is 24.3 Å². The molecule has 2 bridgehead atoms. The zero-order valence-corrected chi connectivity index (χ0v) is 12.1. The third kappa shape index (κ3) is 2.19. The lowest BCUT2D eigenvalue weighted by atomic mass is 9.80. The number of hydrogen-bond donors (Lipinski definition) is 2. The normalized spacial score (nSPS) is 34.1. The topological polar surface area (TPSA) is 32.3 Å². The average Bonchev–Trinajstić information content (AvgIpc) is 2.69. The van der Waals surface area contributed by atoms with Crippen LogP contribution in [0.25, 0.3) is 0 Å². The summed E-state index contributed by atoms with van der Waals surface area (Å²) >= 11 is 0. The maximum Gasteiger partial charge on any atom is 0.0771 e. The highest BCUT2D eigenvalue weighted by atomic mass is 16.3. The fourth-order valence-electron chi connectivity index (χ4n) is 4.55. The smallest absolute Gasteiger partial charge is 0.0771 e. The van der Waals surface area contributed by atoms with Crippen molar-refractivity contribution in [3.8, 4) is 0 Å². The monoisotopic (exact) mass is 271 g/mol. The van der Waals surface area contributed by atoms with Crippen molar-refractivity contribution in [1.82, 2.24) is 5.32 Å². The molecule has 2 saturated carbocycles. The molecule has 0 radical (unpaired) electrons. The molecule has 1 aromatic carbocycles. The van der Waals surface area contributed by atoms with Crippen molar-refractivity contribution in [3.63, 3.8) is 0 Å². The Morgan fingerprint density at radius 1 is 1.05 bits per heavy atom. The van der Waals surface area contributed by atoms with Gasteiger partial charge < -0.3 is 10.4 Å². The van der Waals surface area contributed by atoms with Gasteiger partial charge in [-0.3, -0.25) is 0 Å². The van der Waals surface area contributed by atoms with E-state index in [1.54, 1.807) is 11.1 Å². The number of benzene rings is 1. The standard InChI is InChI=1S/C18H25NO/c20-18(8-3-9-18)12-19-17-15-6-7-16(17)11-14-5-2-1-4-13(14)10-15/h1-2,4-5,15-17,19-20H,3,6-12H2. The molecule has 0 aromatic heterocycles. The summed E-state index contributed by atoms with van der Waals surface area (Å²) in [6.45, 7) is 0.807. The SMILES string of the molecule is OC1(CNC2C3CCC2Cc2ccccc2C3)CCC1. The van der Waals surface area contributed by atoms with E-state index in [1.165, 1.54) is 32.1 Å². The van der Waals surface area contributed by atoms with Crippen molar-refractivity contribution in [2.45, 2.75) is 56.6 Å². The molecule has 0 spiro atoms. The second-order valence-electron chi connectivity index (χ2n) is 7.26. The summed E-state index contributed by atoms with van der Waals surface area (Å²) in [5.41, 5.74) is 2.74. The van der Waals surface area contributed by atoms with Gasteiger partial charge in [0.05, 0.1) is 5.60 Å². The van der Waals surface area contributed by atoms with Crippen molar-refractivity contribution in [2.75, 3.05) is 6.54 Å². The van der Waals surface area contributed by atoms with E-state index in [2.05, 4.69) is 29.6 Å². The van der Waals surface area contributed by atoms with Crippen molar-refractivity contribution >= 4 is 0 Å². The Labute approximate surface area is 121 Å². The molecule has 0 amide bonds. The van der Waals surface area contributed by atoms with Crippen LogP contribution in [0, 0.1) is 11.8 Å². The minimum atomic E-state index is -0.390. The highest BCUT2D eigenvalue weighted by Gasteiger charge is 2.41. The van der Waals surface area contributed by atoms with Crippen LogP contribution >= 0.6 is 0 Å². The van der Waals surface area contributed by atoms with Gasteiger partial charge in [-0.1, -0.05) is 24.3 Å². The molecule has 3 aliphatic rings. The molecule has 2 heteroatoms. The third-order valence-electron chi connectivity index (χ3n) is 5.96. The molecule has 0 aliphatic heterocycles. The maximum atomic E-state index is 10.3. The summed E-state index contributed by atoms with van der Waals surface area (Å²) in [4.78, 5) is 0. The van der Waals surface area contributed by atoms with Gasteiger partial charge in [-0.2, -0.15) is 0 Å². The fraction of sp³-hybridized carbons (Fsp3) is 0.667. The molecular formula is C18H25NO. The Kier molecular flexibility index (Phi) is 3.12. The Balaban J connectivity index is 1.49. The van der Waals surface area contributed by atoms with Gasteiger partial charge in [0.15, 0.2) is 0 Å². The summed E-state index contributed by atoms with van der Waals surface area (Å²) in [5, 5.41) is 14.1. The molecule has 4 rings (SSSR count). The van der Waals surface area contributed by atoms with Crippen molar-refractivity contribution in [3.05, 3.63) is 35.4 Å². The van der Waals surface area contributed by atoms with Crippen LogP contribution < -0.4 is 5.32 Å². The average molecular weight is 271 g/mol. The molecule has 2 N–H and O–H groups in total. The molecule has 20 heavy (non-hydrogen) atoms. The lowest BCUT2D eigenvalue weighted by molar-refractivity contribution is -0.0349. The van der Waals surface area contributed by atoms with E-state index in [0.717, 1.165) is 31.2 Å².